The number of aromatic nitrogens is 3. The highest BCUT2D eigenvalue weighted by Gasteiger charge is 2.11. The Morgan fingerprint density at radius 3 is 2.62 bits per heavy atom. The fourth-order valence-corrected chi connectivity index (χ4v) is 2.39. The second-order valence-electron chi connectivity index (χ2n) is 5.53. The van der Waals surface area contributed by atoms with Crippen molar-refractivity contribution >= 4 is 11.1 Å². The number of hydrogen-bond acceptors (Lipinski definition) is 7. The van der Waals surface area contributed by atoms with Gasteiger partial charge in [0.25, 0.3) is 0 Å². The van der Waals surface area contributed by atoms with Crippen LogP contribution in [0.3, 0.4) is 0 Å². The second kappa shape index (κ2) is 6.72. The molecule has 7 heteroatoms. The molecule has 130 valence electrons. The molecule has 0 unspecified atom stereocenters. The van der Waals surface area contributed by atoms with E-state index >= 15 is 0 Å². The van der Waals surface area contributed by atoms with E-state index in [1.54, 1.807) is 55.8 Å². The van der Waals surface area contributed by atoms with Crippen LogP contribution in [0.2, 0.25) is 0 Å². The molecule has 0 radical (unpaired) electrons. The number of pyridine rings is 2. The van der Waals surface area contributed by atoms with Crippen LogP contribution in [0.1, 0.15) is 5.69 Å². The zero-order valence-corrected chi connectivity index (χ0v) is 13.9. The van der Waals surface area contributed by atoms with E-state index in [0.29, 0.717) is 39.9 Å². The Balaban J connectivity index is 1.54. The average Bonchev–Trinajstić information content (AvgIpc) is 3.11. The van der Waals surface area contributed by atoms with E-state index in [0.717, 1.165) is 0 Å². The number of hydrogen-bond donors (Lipinski definition) is 1. The van der Waals surface area contributed by atoms with Gasteiger partial charge in [0.2, 0.25) is 5.89 Å². The molecule has 0 amide bonds. The number of fused-ring (bicyclic) bond motifs is 1. The van der Waals surface area contributed by atoms with Crippen LogP contribution in [0, 0.1) is 0 Å². The molecular weight excluding hydrogens is 334 g/mol. The SMILES string of the molecule is COc1ccc(-c2nc3cc(OCc4ccc(O)cn4)ccc3o2)nc1. The van der Waals surface area contributed by atoms with Crippen molar-refractivity contribution in [2.75, 3.05) is 7.11 Å². The minimum absolute atomic E-state index is 0.123. The van der Waals surface area contributed by atoms with Crippen molar-refractivity contribution in [3.05, 3.63) is 60.6 Å². The maximum Gasteiger partial charge on any atom is 0.246 e. The number of ether oxygens (including phenoxy) is 2. The van der Waals surface area contributed by atoms with Gasteiger partial charge in [-0.1, -0.05) is 0 Å². The Hall–Kier alpha value is -3.61. The molecule has 4 aromatic rings. The molecule has 4 rings (SSSR count). The van der Waals surface area contributed by atoms with Gasteiger partial charge >= 0.3 is 0 Å². The second-order valence-corrected chi connectivity index (χ2v) is 5.53. The normalized spacial score (nSPS) is 10.8. The monoisotopic (exact) mass is 349 g/mol. The Bertz CT molecular complexity index is 1030. The Morgan fingerprint density at radius 1 is 1.00 bits per heavy atom. The van der Waals surface area contributed by atoms with Crippen LogP contribution >= 0.6 is 0 Å². The summed E-state index contributed by atoms with van der Waals surface area (Å²) in [6.45, 7) is 0.288. The Kier molecular flexibility index (Phi) is 4.10. The van der Waals surface area contributed by atoms with Crippen LogP contribution in [0.25, 0.3) is 22.7 Å². The fraction of sp³-hybridized carbons (Fsp3) is 0.105. The van der Waals surface area contributed by atoms with Crippen molar-refractivity contribution in [1.82, 2.24) is 15.0 Å². The lowest BCUT2D eigenvalue weighted by Crippen LogP contribution is -1.97. The Labute approximate surface area is 148 Å². The lowest BCUT2D eigenvalue weighted by atomic mass is 10.3. The quantitative estimate of drug-likeness (QED) is 0.589. The first kappa shape index (κ1) is 15.9. The molecule has 0 fully saturated rings. The molecule has 0 saturated carbocycles. The summed E-state index contributed by atoms with van der Waals surface area (Å²) in [6, 6.07) is 12.3. The van der Waals surface area contributed by atoms with E-state index in [1.807, 2.05) is 0 Å². The Morgan fingerprint density at radius 2 is 1.88 bits per heavy atom. The zero-order chi connectivity index (χ0) is 17.9. The first-order valence-corrected chi connectivity index (χ1v) is 7.89. The van der Waals surface area contributed by atoms with Gasteiger partial charge in [-0.05, 0) is 36.4 Å². The number of nitrogens with zero attached hydrogens (tertiary/aromatic N) is 3. The van der Waals surface area contributed by atoms with Gasteiger partial charge in [-0.3, -0.25) is 4.98 Å². The first-order valence-electron chi connectivity index (χ1n) is 7.89. The lowest BCUT2D eigenvalue weighted by Gasteiger charge is -2.05. The zero-order valence-electron chi connectivity index (χ0n) is 13.9. The van der Waals surface area contributed by atoms with Crippen LogP contribution in [-0.2, 0) is 6.61 Å². The summed E-state index contributed by atoms with van der Waals surface area (Å²) in [5, 5.41) is 9.25. The van der Waals surface area contributed by atoms with Crippen LogP contribution in [-0.4, -0.2) is 27.2 Å². The van der Waals surface area contributed by atoms with Gasteiger partial charge in [0.05, 0.1) is 25.2 Å². The molecule has 1 aromatic carbocycles. The van der Waals surface area contributed by atoms with Crippen molar-refractivity contribution in [3.63, 3.8) is 0 Å². The van der Waals surface area contributed by atoms with Gasteiger partial charge in [0, 0.05) is 6.07 Å². The highest BCUT2D eigenvalue weighted by molar-refractivity contribution is 5.77. The molecule has 1 N–H and O–H groups in total. The average molecular weight is 349 g/mol. The smallest absolute Gasteiger partial charge is 0.246 e. The molecule has 0 spiro atoms. The van der Waals surface area contributed by atoms with Crippen molar-refractivity contribution in [2.45, 2.75) is 6.61 Å². The van der Waals surface area contributed by atoms with Crippen molar-refractivity contribution in [1.29, 1.82) is 0 Å². The van der Waals surface area contributed by atoms with Gasteiger partial charge < -0.3 is 19.0 Å². The van der Waals surface area contributed by atoms with Gasteiger partial charge in [-0.15, -0.1) is 0 Å². The van der Waals surface area contributed by atoms with Gasteiger partial charge in [0.1, 0.15) is 35.1 Å². The highest BCUT2D eigenvalue weighted by Crippen LogP contribution is 2.27. The summed E-state index contributed by atoms with van der Waals surface area (Å²) in [7, 11) is 1.59. The summed E-state index contributed by atoms with van der Waals surface area (Å²) in [5.41, 5.74) is 2.66. The van der Waals surface area contributed by atoms with Crippen molar-refractivity contribution in [2.24, 2.45) is 0 Å². The molecular formula is C19H15N3O4. The number of benzene rings is 1. The topological polar surface area (TPSA) is 90.5 Å². The van der Waals surface area contributed by atoms with Crippen molar-refractivity contribution in [3.8, 4) is 28.8 Å². The third kappa shape index (κ3) is 3.27. The van der Waals surface area contributed by atoms with Crippen LogP contribution in [0.5, 0.6) is 17.2 Å². The lowest BCUT2D eigenvalue weighted by molar-refractivity contribution is 0.301. The van der Waals surface area contributed by atoms with Gasteiger partial charge in [-0.2, -0.15) is 0 Å². The molecule has 3 heterocycles. The molecule has 26 heavy (non-hydrogen) atoms. The molecule has 0 aliphatic rings. The van der Waals surface area contributed by atoms with E-state index in [1.165, 1.54) is 6.20 Å². The molecule has 0 bridgehead atoms. The molecule has 0 aliphatic heterocycles. The van der Waals surface area contributed by atoms with E-state index in [2.05, 4.69) is 15.0 Å². The predicted molar refractivity (Wildman–Crippen MR) is 94.0 cm³/mol. The number of rotatable bonds is 5. The number of methoxy groups -OCH3 is 1. The molecule has 0 aliphatic carbocycles. The third-order valence-electron chi connectivity index (χ3n) is 3.75. The van der Waals surface area contributed by atoms with Crippen molar-refractivity contribution < 1.29 is 19.0 Å². The largest absolute Gasteiger partial charge is 0.506 e. The first-order chi connectivity index (χ1) is 12.7. The van der Waals surface area contributed by atoms with Crippen LogP contribution in [0.4, 0.5) is 0 Å². The van der Waals surface area contributed by atoms with E-state index < -0.39 is 0 Å². The standard InChI is InChI=1S/C19H15N3O4/c1-24-15-4-6-16(21-10-15)19-22-17-8-14(5-7-18(17)26-19)25-11-12-2-3-13(23)9-20-12/h2-10,23H,11H2,1H3. The molecule has 7 nitrogen and oxygen atoms in total. The third-order valence-corrected chi connectivity index (χ3v) is 3.75. The number of aromatic hydroxyl groups is 1. The van der Waals surface area contributed by atoms with E-state index in [9.17, 15) is 5.11 Å². The van der Waals surface area contributed by atoms with Crippen LogP contribution in [0.15, 0.2) is 59.3 Å². The summed E-state index contributed by atoms with van der Waals surface area (Å²) in [5.74, 6) is 1.87. The fourth-order valence-electron chi connectivity index (χ4n) is 2.39. The molecule has 3 aromatic heterocycles. The number of oxazole rings is 1. The summed E-state index contributed by atoms with van der Waals surface area (Å²) in [6.07, 6.45) is 3.00. The summed E-state index contributed by atoms with van der Waals surface area (Å²) < 4.78 is 16.6. The molecule has 0 atom stereocenters. The van der Waals surface area contributed by atoms with Gasteiger partial charge in [0.15, 0.2) is 5.58 Å². The minimum Gasteiger partial charge on any atom is -0.506 e. The van der Waals surface area contributed by atoms with Crippen LogP contribution < -0.4 is 9.47 Å². The van der Waals surface area contributed by atoms with E-state index in [-0.39, 0.29) is 12.4 Å². The predicted octanol–water partition coefficient (Wildman–Crippen LogP) is 3.58. The summed E-state index contributed by atoms with van der Waals surface area (Å²) >= 11 is 0. The maximum absolute atomic E-state index is 9.25. The van der Waals surface area contributed by atoms with Gasteiger partial charge in [-0.25, -0.2) is 9.97 Å². The summed E-state index contributed by atoms with van der Waals surface area (Å²) in [4.78, 5) is 12.8. The minimum atomic E-state index is 0.123. The molecule has 0 saturated heterocycles. The maximum atomic E-state index is 9.25. The highest BCUT2D eigenvalue weighted by atomic mass is 16.5. The van der Waals surface area contributed by atoms with E-state index in [4.69, 9.17) is 13.9 Å².